The van der Waals surface area contributed by atoms with Crippen LogP contribution in [-0.4, -0.2) is 77.4 Å². The summed E-state index contributed by atoms with van der Waals surface area (Å²) >= 11 is 0. The van der Waals surface area contributed by atoms with E-state index in [9.17, 15) is 18.3 Å². The molecular weight excluding hydrogens is 558 g/mol. The van der Waals surface area contributed by atoms with Gasteiger partial charge in [0.1, 0.15) is 28.5 Å². The minimum absolute atomic E-state index is 0.0145. The van der Waals surface area contributed by atoms with Crippen molar-refractivity contribution < 1.29 is 18.3 Å². The highest BCUT2D eigenvalue weighted by molar-refractivity contribution is 7.91. The van der Waals surface area contributed by atoms with Gasteiger partial charge < -0.3 is 20.7 Å². The summed E-state index contributed by atoms with van der Waals surface area (Å²) in [5, 5.41) is 22.8. The molecule has 2 bridgehead atoms. The molecule has 4 aromatic heterocycles. The second-order valence-electron chi connectivity index (χ2n) is 10.8. The van der Waals surface area contributed by atoms with Gasteiger partial charge in [-0.2, -0.15) is 9.61 Å². The van der Waals surface area contributed by atoms with Crippen molar-refractivity contribution in [2.75, 3.05) is 12.0 Å². The maximum atomic E-state index is 13.2. The number of rotatable bonds is 5. The Hall–Kier alpha value is -4.85. The molecule has 42 heavy (non-hydrogen) atoms. The van der Waals surface area contributed by atoms with Gasteiger partial charge in [0.05, 0.1) is 11.9 Å². The zero-order valence-electron chi connectivity index (χ0n) is 22.5. The van der Waals surface area contributed by atoms with Crippen molar-refractivity contribution >= 4 is 27.2 Å². The van der Waals surface area contributed by atoms with Gasteiger partial charge in [-0.05, 0) is 31.7 Å². The Morgan fingerprint density at radius 3 is 2.48 bits per heavy atom. The number of aromatic hydroxyl groups is 1. The second-order valence-corrected chi connectivity index (χ2v) is 12.8. The fourth-order valence-electron chi connectivity index (χ4n) is 6.46. The molecule has 1 aromatic carbocycles. The number of amides is 1. The number of sulfone groups is 1. The summed E-state index contributed by atoms with van der Waals surface area (Å²) in [6.07, 6.45) is 8.28. The van der Waals surface area contributed by atoms with Crippen LogP contribution in [0.3, 0.4) is 0 Å². The molecule has 214 valence electrons. The number of pyridine rings is 1. The van der Waals surface area contributed by atoms with E-state index in [2.05, 4.69) is 25.3 Å². The molecule has 0 saturated carbocycles. The second kappa shape index (κ2) is 9.62. The van der Waals surface area contributed by atoms with Crippen LogP contribution in [0.1, 0.15) is 47.9 Å². The fourth-order valence-corrected chi connectivity index (χ4v) is 7.52. The van der Waals surface area contributed by atoms with Crippen molar-refractivity contribution in [2.45, 2.75) is 48.6 Å². The highest BCUT2D eigenvalue weighted by Crippen LogP contribution is 2.46. The number of nitrogens with one attached hydrogen (secondary N) is 1. The summed E-state index contributed by atoms with van der Waals surface area (Å²) in [7, 11) is -3.79. The summed E-state index contributed by atoms with van der Waals surface area (Å²) in [4.78, 5) is 27.1. The van der Waals surface area contributed by atoms with Gasteiger partial charge in [-0.25, -0.2) is 13.4 Å². The Balaban J connectivity index is 1.30. The van der Waals surface area contributed by atoms with Crippen LogP contribution in [0.4, 0.5) is 5.82 Å². The lowest BCUT2D eigenvalue weighted by atomic mass is 9.87. The molecule has 0 aliphatic carbocycles. The van der Waals surface area contributed by atoms with E-state index in [0.29, 0.717) is 41.0 Å². The lowest BCUT2D eigenvalue weighted by molar-refractivity contribution is 0.0556. The molecule has 0 spiro atoms. The number of benzene rings is 1. The number of aromatic amines is 1. The van der Waals surface area contributed by atoms with Crippen LogP contribution in [0.5, 0.6) is 5.75 Å². The Bertz CT molecular complexity index is 1930. The minimum atomic E-state index is -3.79. The number of aromatic nitrogens is 7. The summed E-state index contributed by atoms with van der Waals surface area (Å²) in [6, 6.07) is 10.7. The lowest BCUT2D eigenvalue weighted by Crippen LogP contribution is -2.46. The van der Waals surface area contributed by atoms with Gasteiger partial charge in [-0.1, -0.05) is 30.3 Å². The molecular formula is C28H27N9O4S. The Labute approximate surface area is 240 Å². The zero-order chi connectivity index (χ0) is 29.2. The predicted octanol–water partition coefficient (Wildman–Crippen LogP) is 2.82. The number of hydrogen-bond donors (Lipinski definition) is 3. The van der Waals surface area contributed by atoms with Gasteiger partial charge in [-0.15, -0.1) is 10.2 Å². The molecule has 4 N–H and O–H groups in total. The van der Waals surface area contributed by atoms with Gasteiger partial charge in [0.15, 0.2) is 15.5 Å². The van der Waals surface area contributed by atoms with Crippen LogP contribution in [0.25, 0.3) is 28.0 Å². The summed E-state index contributed by atoms with van der Waals surface area (Å²) < 4.78 is 27.5. The number of carbonyl (C=O) groups excluding carboxylic acids is 1. The Morgan fingerprint density at radius 1 is 1.10 bits per heavy atom. The number of piperidine rings is 1. The average molecular weight is 586 g/mol. The van der Waals surface area contributed by atoms with Crippen LogP contribution >= 0.6 is 0 Å². The van der Waals surface area contributed by atoms with Crippen molar-refractivity contribution in [1.29, 1.82) is 0 Å². The van der Waals surface area contributed by atoms with E-state index >= 15 is 0 Å². The number of nitrogens with zero attached hydrogens (tertiary/aromatic N) is 7. The number of H-pyrrole nitrogens is 1. The SMILES string of the molecule is CS(=O)(=O)c1c([C@H]2C[C@H]3CC[C@@H](C2)N3C(=O)c2nnc[nH]2)nc2c(-c3cnc(-c4ccccc4)c(O)c3)cnn2c1N. The fraction of sp³-hybridized carbons (Fsp3) is 0.286. The lowest BCUT2D eigenvalue weighted by Gasteiger charge is -2.38. The summed E-state index contributed by atoms with van der Waals surface area (Å²) in [5.74, 6) is -0.333. The normalized spacial score (nSPS) is 20.3. The molecule has 0 radical (unpaired) electrons. The van der Waals surface area contributed by atoms with E-state index in [4.69, 9.17) is 10.7 Å². The van der Waals surface area contributed by atoms with Crippen LogP contribution in [0, 0.1) is 0 Å². The average Bonchev–Trinajstić information content (AvgIpc) is 3.71. The quantitative estimate of drug-likeness (QED) is 0.277. The van der Waals surface area contributed by atoms with Crippen LogP contribution < -0.4 is 5.73 Å². The number of nitrogens with two attached hydrogens (primary N) is 1. The first-order valence-electron chi connectivity index (χ1n) is 13.5. The maximum Gasteiger partial charge on any atom is 0.292 e. The standard InChI is InChI=1S/C28H27N9O4S/c1-42(40,41)24-23(16-9-18-7-8-19(10-16)36(18)28(39)26-31-14-32-35-26)34-27-20(13-33-37(27)25(24)29)17-11-21(38)22(30-12-17)15-5-3-2-4-6-15/h2-6,11-14,16,18-19,38H,7-10,29H2,1H3,(H,31,32,35)/t16-,18+,19-. The molecule has 14 heteroatoms. The van der Waals surface area contributed by atoms with E-state index in [1.165, 1.54) is 17.0 Å². The highest BCUT2D eigenvalue weighted by Gasteiger charge is 2.46. The molecule has 2 aliphatic heterocycles. The molecule has 2 fully saturated rings. The number of fused-ring (bicyclic) bond motifs is 3. The van der Waals surface area contributed by atoms with E-state index in [-0.39, 0.29) is 46.2 Å². The molecule has 2 saturated heterocycles. The highest BCUT2D eigenvalue weighted by atomic mass is 32.2. The van der Waals surface area contributed by atoms with Crippen LogP contribution in [-0.2, 0) is 9.84 Å². The van der Waals surface area contributed by atoms with Crippen LogP contribution in [0.2, 0.25) is 0 Å². The number of anilines is 1. The van der Waals surface area contributed by atoms with Gasteiger partial charge >= 0.3 is 0 Å². The van der Waals surface area contributed by atoms with Crippen molar-refractivity contribution in [2.24, 2.45) is 0 Å². The molecule has 1 amide bonds. The topological polar surface area (TPSA) is 185 Å². The minimum Gasteiger partial charge on any atom is -0.506 e. The van der Waals surface area contributed by atoms with E-state index < -0.39 is 9.84 Å². The first-order valence-corrected chi connectivity index (χ1v) is 15.4. The van der Waals surface area contributed by atoms with E-state index in [0.717, 1.165) is 24.7 Å². The number of carbonyl (C=O) groups is 1. The molecule has 6 heterocycles. The number of nitrogen functional groups attached to an aromatic ring is 1. The summed E-state index contributed by atoms with van der Waals surface area (Å²) in [6.45, 7) is 0. The largest absolute Gasteiger partial charge is 0.506 e. The smallest absolute Gasteiger partial charge is 0.292 e. The molecule has 0 unspecified atom stereocenters. The van der Waals surface area contributed by atoms with E-state index in [1.54, 1.807) is 12.3 Å². The van der Waals surface area contributed by atoms with E-state index in [1.807, 2.05) is 35.2 Å². The molecule has 7 rings (SSSR count). The third-order valence-corrected chi connectivity index (χ3v) is 9.39. The third-order valence-electron chi connectivity index (χ3n) is 8.23. The van der Waals surface area contributed by atoms with Gasteiger partial charge in [0.25, 0.3) is 5.91 Å². The molecule has 5 aromatic rings. The number of hydrogen-bond acceptors (Lipinski definition) is 10. The summed E-state index contributed by atoms with van der Waals surface area (Å²) in [5.41, 5.74) is 9.52. The van der Waals surface area contributed by atoms with Gasteiger partial charge in [-0.3, -0.25) is 9.78 Å². The van der Waals surface area contributed by atoms with Crippen LogP contribution in [0.15, 0.2) is 60.0 Å². The molecule has 3 atom stereocenters. The van der Waals surface area contributed by atoms with Gasteiger partial charge in [0, 0.05) is 47.1 Å². The Morgan fingerprint density at radius 2 is 1.83 bits per heavy atom. The first-order chi connectivity index (χ1) is 20.2. The Kier molecular flexibility index (Phi) is 5.97. The van der Waals surface area contributed by atoms with Crippen molar-refractivity contribution in [1.82, 2.24) is 39.7 Å². The van der Waals surface area contributed by atoms with Crippen molar-refractivity contribution in [3.8, 4) is 28.1 Å². The van der Waals surface area contributed by atoms with Crippen molar-refractivity contribution in [3.63, 3.8) is 0 Å². The van der Waals surface area contributed by atoms with Gasteiger partial charge in [0.2, 0.25) is 5.82 Å². The monoisotopic (exact) mass is 585 g/mol. The maximum absolute atomic E-state index is 13.2. The first kappa shape index (κ1) is 26.1. The third kappa shape index (κ3) is 4.17. The molecule has 13 nitrogen and oxygen atoms in total. The predicted molar refractivity (Wildman–Crippen MR) is 152 cm³/mol. The zero-order valence-corrected chi connectivity index (χ0v) is 23.4. The molecule has 2 aliphatic rings. The van der Waals surface area contributed by atoms with Crippen molar-refractivity contribution in [3.05, 3.63) is 66.6 Å².